The van der Waals surface area contributed by atoms with Crippen LogP contribution in [-0.4, -0.2) is 75.1 Å². The summed E-state index contributed by atoms with van der Waals surface area (Å²) in [4.78, 5) is 52.5. The first kappa shape index (κ1) is 35.3. The molecule has 0 atom stereocenters. The highest BCUT2D eigenvalue weighted by Gasteiger charge is 2.18. The van der Waals surface area contributed by atoms with E-state index < -0.39 is 24.1 Å². The van der Waals surface area contributed by atoms with Crippen LogP contribution in [0.15, 0.2) is 91.1 Å². The summed E-state index contributed by atoms with van der Waals surface area (Å²) in [5, 5.41) is 5.06. The molecule has 236 valence electrons. The van der Waals surface area contributed by atoms with Crippen LogP contribution in [0.2, 0.25) is 0 Å². The van der Waals surface area contributed by atoms with Crippen LogP contribution in [0.5, 0.6) is 0 Å². The largest absolute Gasteiger partial charge is 0.461 e. The number of carbonyl (C=O) groups is 4. The van der Waals surface area contributed by atoms with Crippen LogP contribution in [0.25, 0.3) is 0 Å². The van der Waals surface area contributed by atoms with Crippen LogP contribution in [-0.2, 0) is 28.5 Å². The van der Waals surface area contributed by atoms with Crippen molar-refractivity contribution in [1.82, 2.24) is 10.6 Å². The van der Waals surface area contributed by atoms with Gasteiger partial charge >= 0.3 is 24.1 Å². The molecule has 1 aliphatic rings. The van der Waals surface area contributed by atoms with Crippen molar-refractivity contribution in [3.05, 3.63) is 61.7 Å². The number of rotatable bonds is 18. The predicted molar refractivity (Wildman–Crippen MR) is 173 cm³/mol. The number of hydrogen-bond acceptors (Lipinski definition) is 12. The Hall–Kier alpha value is -3.20. The van der Waals surface area contributed by atoms with Gasteiger partial charge in [0, 0.05) is 53.0 Å². The first-order valence-corrected chi connectivity index (χ1v) is 17.3. The lowest BCUT2D eigenvalue weighted by Crippen LogP contribution is -2.28. The van der Waals surface area contributed by atoms with Gasteiger partial charge in [-0.05, 0) is 49.2 Å². The van der Waals surface area contributed by atoms with Gasteiger partial charge in [0.05, 0.1) is 26.3 Å². The van der Waals surface area contributed by atoms with Crippen molar-refractivity contribution in [2.24, 2.45) is 0 Å². The average molecular weight is 679 g/mol. The highest BCUT2D eigenvalue weighted by atomic mass is 32.2. The number of alkyl carbamates (subject to hydrolysis) is 2. The molecule has 0 aromatic heterocycles. The van der Waals surface area contributed by atoms with E-state index in [1.165, 1.54) is 19.6 Å². The fourth-order valence-electron chi connectivity index (χ4n) is 3.38. The number of carbonyl (C=O) groups excluding carboxylic acids is 4. The van der Waals surface area contributed by atoms with Gasteiger partial charge in [0.15, 0.2) is 0 Å². The molecule has 2 aromatic rings. The van der Waals surface area contributed by atoms with E-state index in [0.29, 0.717) is 26.1 Å². The highest BCUT2D eigenvalue weighted by molar-refractivity contribution is 8.05. The molecule has 2 aromatic carbocycles. The van der Waals surface area contributed by atoms with Gasteiger partial charge in [0.2, 0.25) is 0 Å². The Balaban J connectivity index is 1.30. The monoisotopic (exact) mass is 678 g/mol. The standard InChI is InChI=1S/C30H34N2O8S4/c1-3-27(33)37-15-11-31-29(35)39-13-5-17-41-21-7-9-23-25(19-21)43-24-10-8-22(20-26(24)44-23)42-18-6-14-40-30(36)32-12-16-38-28(34)4-2/h3-4,7-10,19-20H,1-2,5-6,11-18H2,(H,31,35)(H,32,36). The zero-order chi connectivity index (χ0) is 31.6. The van der Waals surface area contributed by atoms with Crippen molar-refractivity contribution in [3.63, 3.8) is 0 Å². The Bertz CT molecular complexity index is 1220. The second kappa shape index (κ2) is 20.0. The Labute approximate surface area is 273 Å². The molecule has 3 rings (SSSR count). The van der Waals surface area contributed by atoms with Gasteiger partial charge in [0.1, 0.15) is 13.2 Å². The second-order valence-corrected chi connectivity index (χ2v) is 13.2. The molecule has 1 aliphatic heterocycles. The van der Waals surface area contributed by atoms with Crippen molar-refractivity contribution in [2.45, 2.75) is 42.2 Å². The zero-order valence-electron chi connectivity index (χ0n) is 24.0. The summed E-state index contributed by atoms with van der Waals surface area (Å²) in [6.45, 7) is 7.69. The predicted octanol–water partition coefficient (Wildman–Crippen LogP) is 6.18. The maximum Gasteiger partial charge on any atom is 0.407 e. The van der Waals surface area contributed by atoms with Gasteiger partial charge in [0.25, 0.3) is 0 Å². The van der Waals surface area contributed by atoms with Crippen LogP contribution in [0, 0.1) is 0 Å². The number of hydrogen-bond donors (Lipinski definition) is 2. The van der Waals surface area contributed by atoms with Gasteiger partial charge < -0.3 is 29.6 Å². The number of nitrogens with one attached hydrogen (secondary N) is 2. The Kier molecular flexibility index (Phi) is 16.0. The zero-order valence-corrected chi connectivity index (χ0v) is 27.3. The molecular weight excluding hydrogens is 645 g/mol. The summed E-state index contributed by atoms with van der Waals surface area (Å²) in [6, 6.07) is 12.9. The van der Waals surface area contributed by atoms with E-state index in [9.17, 15) is 19.2 Å². The lowest BCUT2D eigenvalue weighted by Gasteiger charge is -2.19. The summed E-state index contributed by atoms with van der Waals surface area (Å²) in [6.07, 6.45) is 2.48. The number of thioether (sulfide) groups is 2. The highest BCUT2D eigenvalue weighted by Crippen LogP contribution is 2.50. The first-order chi connectivity index (χ1) is 21.4. The number of benzene rings is 2. The van der Waals surface area contributed by atoms with Gasteiger partial charge in [-0.2, -0.15) is 0 Å². The molecule has 0 saturated carbocycles. The lowest BCUT2D eigenvalue weighted by molar-refractivity contribution is -0.138. The molecule has 0 unspecified atom stereocenters. The topological polar surface area (TPSA) is 129 Å². The van der Waals surface area contributed by atoms with Crippen molar-refractivity contribution in [3.8, 4) is 0 Å². The Morgan fingerprint density at radius 1 is 0.636 bits per heavy atom. The molecule has 0 fully saturated rings. The summed E-state index contributed by atoms with van der Waals surface area (Å²) >= 11 is 6.95. The third-order valence-electron chi connectivity index (χ3n) is 5.42. The smallest absolute Gasteiger partial charge is 0.407 e. The van der Waals surface area contributed by atoms with E-state index >= 15 is 0 Å². The molecule has 0 radical (unpaired) electrons. The molecule has 10 nitrogen and oxygen atoms in total. The van der Waals surface area contributed by atoms with E-state index in [4.69, 9.17) is 18.9 Å². The molecule has 2 N–H and O–H groups in total. The molecular formula is C30H34N2O8S4. The van der Waals surface area contributed by atoms with Crippen molar-refractivity contribution < 1.29 is 38.1 Å². The van der Waals surface area contributed by atoms with Crippen molar-refractivity contribution in [2.75, 3.05) is 51.0 Å². The maximum atomic E-state index is 11.7. The average Bonchev–Trinajstić information content (AvgIpc) is 3.03. The number of esters is 2. The van der Waals surface area contributed by atoms with Crippen LogP contribution in [0.3, 0.4) is 0 Å². The SMILES string of the molecule is C=CC(=O)OCCNC(=O)OCCCSc1ccc2c(c1)Sc1ccc(SCCCOC(=O)NCCOC(=O)C=C)cc1S2. The van der Waals surface area contributed by atoms with Gasteiger partial charge in [-0.1, -0.05) is 36.7 Å². The minimum absolute atomic E-state index is 0.0648. The fourth-order valence-corrected chi connectivity index (χ4v) is 7.53. The van der Waals surface area contributed by atoms with E-state index in [2.05, 4.69) is 60.2 Å². The van der Waals surface area contributed by atoms with Gasteiger partial charge in [-0.3, -0.25) is 0 Å². The van der Waals surface area contributed by atoms with Gasteiger partial charge in [-0.15, -0.1) is 23.5 Å². The van der Waals surface area contributed by atoms with E-state index in [1.54, 1.807) is 47.0 Å². The fraction of sp³-hybridized carbons (Fsp3) is 0.333. The van der Waals surface area contributed by atoms with Crippen LogP contribution < -0.4 is 10.6 Å². The molecule has 0 spiro atoms. The third-order valence-corrected chi connectivity index (χ3v) is 10.1. The maximum absolute atomic E-state index is 11.7. The molecule has 14 heteroatoms. The summed E-state index contributed by atoms with van der Waals surface area (Å²) < 4.78 is 19.9. The normalized spacial score (nSPS) is 11.3. The van der Waals surface area contributed by atoms with E-state index in [0.717, 1.165) is 33.4 Å². The molecule has 0 aliphatic carbocycles. The molecule has 1 heterocycles. The lowest BCUT2D eigenvalue weighted by atomic mass is 10.3. The summed E-state index contributed by atoms with van der Waals surface area (Å²) in [7, 11) is 0. The van der Waals surface area contributed by atoms with E-state index in [1.807, 2.05) is 0 Å². The van der Waals surface area contributed by atoms with Crippen LogP contribution in [0.1, 0.15) is 12.8 Å². The van der Waals surface area contributed by atoms with Crippen molar-refractivity contribution in [1.29, 1.82) is 0 Å². The molecule has 0 saturated heterocycles. The summed E-state index contributed by atoms with van der Waals surface area (Å²) in [5.41, 5.74) is 0. The molecule has 0 bridgehead atoms. The van der Waals surface area contributed by atoms with Crippen LogP contribution >= 0.6 is 47.0 Å². The minimum atomic E-state index is -0.538. The quantitative estimate of drug-likeness (QED) is 0.0524. The third kappa shape index (κ3) is 13.2. The summed E-state index contributed by atoms with van der Waals surface area (Å²) in [5.74, 6) is 0.547. The number of amides is 2. The minimum Gasteiger partial charge on any atom is -0.461 e. The van der Waals surface area contributed by atoms with Crippen LogP contribution in [0.4, 0.5) is 9.59 Å². The molecule has 2 amide bonds. The van der Waals surface area contributed by atoms with E-state index in [-0.39, 0.29) is 26.3 Å². The molecule has 44 heavy (non-hydrogen) atoms. The van der Waals surface area contributed by atoms with Gasteiger partial charge in [-0.25, -0.2) is 19.2 Å². The number of ether oxygens (including phenoxy) is 4. The Morgan fingerprint density at radius 2 is 1.07 bits per heavy atom. The first-order valence-electron chi connectivity index (χ1n) is 13.7. The Morgan fingerprint density at radius 3 is 1.48 bits per heavy atom. The second-order valence-electron chi connectivity index (χ2n) is 8.69. The van der Waals surface area contributed by atoms with Crippen molar-refractivity contribution >= 4 is 71.2 Å². The number of fused-ring (bicyclic) bond motifs is 2.